The van der Waals surface area contributed by atoms with E-state index in [9.17, 15) is 22.8 Å². The maximum atomic E-state index is 13.6. The number of fused-ring (bicyclic) bond motifs is 1. The summed E-state index contributed by atoms with van der Waals surface area (Å²) in [6, 6.07) is 10.2. The Labute approximate surface area is 233 Å². The molecule has 2 aromatic carbocycles. The van der Waals surface area contributed by atoms with E-state index in [-0.39, 0.29) is 35.3 Å². The van der Waals surface area contributed by atoms with Crippen molar-refractivity contribution in [3.63, 3.8) is 0 Å². The number of nitrogens with two attached hydrogens (primary N) is 1. The Morgan fingerprint density at radius 2 is 1.82 bits per heavy atom. The zero-order valence-corrected chi connectivity index (χ0v) is 23.3. The third kappa shape index (κ3) is 6.89. The largest absolute Gasteiger partial charge is 0.469 e. The summed E-state index contributed by atoms with van der Waals surface area (Å²) in [5, 5.41) is 12.1. The normalized spacial score (nSPS) is 20.2. The van der Waals surface area contributed by atoms with E-state index in [0.29, 0.717) is 38.9 Å². The number of likely N-dealkylation sites (tertiary alicyclic amines) is 2. The second kappa shape index (κ2) is 12.6. The van der Waals surface area contributed by atoms with E-state index < -0.39 is 34.4 Å². The highest BCUT2D eigenvalue weighted by Crippen LogP contribution is 2.23. The molecule has 5 N–H and O–H groups in total. The lowest BCUT2D eigenvalue weighted by molar-refractivity contribution is -0.145. The Kier molecular flexibility index (Phi) is 9.25. The molecule has 0 radical (unpaired) electrons. The van der Waals surface area contributed by atoms with Gasteiger partial charge in [-0.25, -0.2) is 8.42 Å². The number of hydrogen-bond donors (Lipinski definition) is 4. The highest BCUT2D eigenvalue weighted by molar-refractivity contribution is 7.89. The third-order valence-corrected chi connectivity index (χ3v) is 9.00. The molecule has 40 heavy (non-hydrogen) atoms. The molecule has 0 aromatic heterocycles. The minimum Gasteiger partial charge on any atom is -0.469 e. The van der Waals surface area contributed by atoms with Crippen LogP contribution in [0.4, 0.5) is 0 Å². The molecule has 0 aliphatic carbocycles. The maximum Gasteiger partial charge on any atom is 0.307 e. The molecule has 4 rings (SSSR count). The topological polar surface area (TPSA) is 175 Å². The lowest BCUT2D eigenvalue weighted by atomic mass is 9.97. The van der Waals surface area contributed by atoms with Gasteiger partial charge in [0.05, 0.1) is 24.3 Å². The summed E-state index contributed by atoms with van der Waals surface area (Å²) in [5.74, 6) is -1.83. The Hall–Kier alpha value is -3.71. The van der Waals surface area contributed by atoms with Crippen LogP contribution in [0, 0.1) is 11.3 Å². The number of amides is 2. The van der Waals surface area contributed by atoms with E-state index in [1.165, 1.54) is 24.1 Å². The Balaban J connectivity index is 1.45. The van der Waals surface area contributed by atoms with Crippen LogP contribution in [0.25, 0.3) is 10.8 Å². The summed E-state index contributed by atoms with van der Waals surface area (Å²) in [6.45, 7) is 1.58. The molecule has 3 atom stereocenters. The van der Waals surface area contributed by atoms with Crippen molar-refractivity contribution in [3.05, 3.63) is 42.5 Å². The summed E-state index contributed by atoms with van der Waals surface area (Å²) < 4.78 is 33.8. The van der Waals surface area contributed by atoms with Gasteiger partial charge in [-0.05, 0) is 48.6 Å². The quantitative estimate of drug-likeness (QED) is 0.193. The molecule has 2 aliphatic heterocycles. The van der Waals surface area contributed by atoms with Gasteiger partial charge in [-0.3, -0.25) is 19.8 Å². The number of ether oxygens (including phenoxy) is 1. The Bertz CT molecular complexity index is 1380. The van der Waals surface area contributed by atoms with Gasteiger partial charge in [0.2, 0.25) is 21.8 Å². The van der Waals surface area contributed by atoms with Gasteiger partial charge in [0, 0.05) is 32.2 Å². The van der Waals surface area contributed by atoms with E-state index in [1.807, 2.05) is 12.1 Å². The lowest BCUT2D eigenvalue weighted by Gasteiger charge is -2.33. The summed E-state index contributed by atoms with van der Waals surface area (Å²) >= 11 is 0. The average molecular weight is 573 g/mol. The van der Waals surface area contributed by atoms with E-state index in [4.69, 9.17) is 15.9 Å². The summed E-state index contributed by atoms with van der Waals surface area (Å²) in [6.07, 6.45) is 2.26. The van der Waals surface area contributed by atoms with Crippen LogP contribution in [0.5, 0.6) is 0 Å². The highest BCUT2D eigenvalue weighted by Gasteiger charge is 2.37. The van der Waals surface area contributed by atoms with Gasteiger partial charge >= 0.3 is 5.97 Å². The van der Waals surface area contributed by atoms with Gasteiger partial charge in [-0.2, -0.15) is 4.72 Å². The molecule has 0 unspecified atom stereocenters. The van der Waals surface area contributed by atoms with Gasteiger partial charge in [-0.1, -0.05) is 30.3 Å². The number of sulfonamides is 1. The molecule has 2 aliphatic rings. The molecule has 12 nitrogen and oxygen atoms in total. The van der Waals surface area contributed by atoms with E-state index in [0.717, 1.165) is 17.2 Å². The first kappa shape index (κ1) is 29.3. The molecule has 13 heteroatoms. The number of rotatable bonds is 9. The number of guanidine groups is 1. The van der Waals surface area contributed by atoms with Crippen LogP contribution in [0.3, 0.4) is 0 Å². The first-order valence-corrected chi connectivity index (χ1v) is 14.8. The van der Waals surface area contributed by atoms with E-state index in [2.05, 4.69) is 10.0 Å². The molecule has 0 bridgehead atoms. The first-order chi connectivity index (χ1) is 19.1. The number of hydrogen-bond acceptors (Lipinski definition) is 7. The maximum absolute atomic E-state index is 13.6. The number of piperidine rings is 1. The monoisotopic (exact) mass is 572 g/mol. The summed E-state index contributed by atoms with van der Waals surface area (Å²) in [7, 11) is -2.98. The van der Waals surface area contributed by atoms with Crippen molar-refractivity contribution in [3.8, 4) is 0 Å². The third-order valence-electron chi connectivity index (χ3n) is 7.53. The lowest BCUT2D eigenvalue weighted by Crippen LogP contribution is -2.53. The van der Waals surface area contributed by atoms with Gasteiger partial charge in [0.1, 0.15) is 6.04 Å². The van der Waals surface area contributed by atoms with Crippen molar-refractivity contribution in [2.45, 2.75) is 49.1 Å². The molecule has 0 saturated carbocycles. The van der Waals surface area contributed by atoms with Crippen molar-refractivity contribution in [2.24, 2.45) is 11.7 Å². The zero-order valence-electron chi connectivity index (χ0n) is 22.5. The number of nitrogens with zero attached hydrogens (tertiary/aromatic N) is 2. The fourth-order valence-electron chi connectivity index (χ4n) is 5.33. The summed E-state index contributed by atoms with van der Waals surface area (Å²) in [4.78, 5) is 41.8. The molecule has 2 fully saturated rings. The average Bonchev–Trinajstić information content (AvgIpc) is 3.43. The van der Waals surface area contributed by atoms with Crippen LogP contribution in [0.2, 0.25) is 0 Å². The minimum absolute atomic E-state index is 0.0220. The highest BCUT2D eigenvalue weighted by atomic mass is 32.2. The van der Waals surface area contributed by atoms with E-state index >= 15 is 0 Å². The molecular weight excluding hydrogens is 536 g/mol. The minimum atomic E-state index is -4.16. The SMILES string of the molecule is COC(=O)C[C@H](NS(=O)(=O)c1ccc2ccccc2c1)C(=O)N1CCC[C@H]1CNC(=O)[C@H]1CCCN(C(=N)N)C1. The van der Waals surface area contributed by atoms with Crippen LogP contribution in [0.1, 0.15) is 32.1 Å². The van der Waals surface area contributed by atoms with Crippen molar-refractivity contribution in [2.75, 3.05) is 33.3 Å². The van der Waals surface area contributed by atoms with Crippen molar-refractivity contribution >= 4 is 44.5 Å². The van der Waals surface area contributed by atoms with Gasteiger partial charge in [0.15, 0.2) is 5.96 Å². The first-order valence-electron chi connectivity index (χ1n) is 13.3. The fourth-order valence-corrected chi connectivity index (χ4v) is 6.55. The number of benzene rings is 2. The van der Waals surface area contributed by atoms with Gasteiger partial charge in [-0.15, -0.1) is 0 Å². The Morgan fingerprint density at radius 1 is 1.10 bits per heavy atom. The number of nitrogens with one attached hydrogen (secondary N) is 3. The molecule has 2 saturated heterocycles. The Morgan fingerprint density at radius 3 is 2.55 bits per heavy atom. The van der Waals surface area contributed by atoms with Gasteiger partial charge in [0.25, 0.3) is 0 Å². The zero-order chi connectivity index (χ0) is 28.9. The van der Waals surface area contributed by atoms with Crippen LogP contribution >= 0.6 is 0 Å². The van der Waals surface area contributed by atoms with Crippen molar-refractivity contribution < 1.29 is 27.5 Å². The van der Waals surface area contributed by atoms with Crippen LogP contribution in [0.15, 0.2) is 47.4 Å². The number of esters is 1. The van der Waals surface area contributed by atoms with E-state index in [1.54, 1.807) is 23.1 Å². The van der Waals surface area contributed by atoms with Gasteiger partial charge < -0.3 is 25.6 Å². The second-order valence-electron chi connectivity index (χ2n) is 10.2. The predicted molar refractivity (Wildman–Crippen MR) is 149 cm³/mol. The van der Waals surface area contributed by atoms with Crippen LogP contribution in [-0.2, 0) is 29.1 Å². The smallest absolute Gasteiger partial charge is 0.307 e. The predicted octanol–water partition coefficient (Wildman–Crippen LogP) is 0.762. The number of carbonyl (C=O) groups is 3. The van der Waals surface area contributed by atoms with Crippen LogP contribution in [-0.4, -0.2) is 87.3 Å². The van der Waals surface area contributed by atoms with Crippen molar-refractivity contribution in [1.29, 1.82) is 5.41 Å². The fraction of sp³-hybridized carbons (Fsp3) is 0.481. The number of carbonyl (C=O) groups excluding carboxylic acids is 3. The number of methoxy groups -OCH3 is 1. The molecule has 2 aromatic rings. The molecular formula is C27H36N6O6S. The molecule has 216 valence electrons. The summed E-state index contributed by atoms with van der Waals surface area (Å²) in [5.41, 5.74) is 5.58. The molecule has 2 heterocycles. The molecule has 0 spiro atoms. The molecule has 2 amide bonds. The second-order valence-corrected chi connectivity index (χ2v) is 11.9. The van der Waals surface area contributed by atoms with Crippen molar-refractivity contribution in [1.82, 2.24) is 19.8 Å². The van der Waals surface area contributed by atoms with Crippen LogP contribution < -0.4 is 15.8 Å². The standard InChI is InChI=1S/C27H36N6O6S/c1-39-24(34)15-23(31-40(37,38)22-11-10-18-6-2-3-7-19(18)14-22)26(36)33-13-5-9-21(33)16-30-25(35)20-8-4-12-32(17-20)27(28)29/h2-3,6-7,10-11,14,20-21,23,31H,4-5,8-9,12-13,15-17H2,1H3,(H3,28,29)(H,30,35)/t20-,21-,23-/m0/s1.